The van der Waals surface area contributed by atoms with Gasteiger partial charge in [0.2, 0.25) is 0 Å². The lowest BCUT2D eigenvalue weighted by atomic mass is 10.0. The maximum atomic E-state index is 13.1. The van der Waals surface area contributed by atoms with E-state index in [9.17, 15) is 4.39 Å². The van der Waals surface area contributed by atoms with E-state index in [4.69, 9.17) is 0 Å². The van der Waals surface area contributed by atoms with Crippen LogP contribution in [-0.2, 0) is 6.54 Å². The van der Waals surface area contributed by atoms with Crippen molar-refractivity contribution in [2.45, 2.75) is 26.4 Å². The SMILES string of the molecule is CC(C)C1CN(Cc2cccc(F)c2)CCN1. The van der Waals surface area contributed by atoms with Gasteiger partial charge in [-0.15, -0.1) is 0 Å². The molecule has 0 amide bonds. The quantitative estimate of drug-likeness (QED) is 0.866. The van der Waals surface area contributed by atoms with Crippen molar-refractivity contribution in [3.63, 3.8) is 0 Å². The molecule has 1 fully saturated rings. The van der Waals surface area contributed by atoms with Gasteiger partial charge in [0, 0.05) is 32.2 Å². The molecule has 0 spiro atoms. The van der Waals surface area contributed by atoms with Crippen LogP contribution in [0.5, 0.6) is 0 Å². The third-order valence-electron chi connectivity index (χ3n) is 3.39. The van der Waals surface area contributed by atoms with Crippen LogP contribution in [-0.4, -0.2) is 30.6 Å². The lowest BCUT2D eigenvalue weighted by Crippen LogP contribution is -2.52. The van der Waals surface area contributed by atoms with Crippen molar-refractivity contribution in [3.05, 3.63) is 35.6 Å². The molecule has 17 heavy (non-hydrogen) atoms. The molecule has 1 aromatic rings. The third kappa shape index (κ3) is 3.51. The minimum atomic E-state index is -0.141. The second-order valence-corrected chi connectivity index (χ2v) is 5.17. The number of halogens is 1. The van der Waals surface area contributed by atoms with Gasteiger partial charge in [0.15, 0.2) is 0 Å². The van der Waals surface area contributed by atoms with Crippen molar-refractivity contribution in [3.8, 4) is 0 Å². The number of benzene rings is 1. The Labute approximate surface area is 103 Å². The molecule has 1 aromatic carbocycles. The molecule has 1 aliphatic heterocycles. The number of rotatable bonds is 3. The average molecular weight is 236 g/mol. The molecule has 0 saturated carbocycles. The maximum Gasteiger partial charge on any atom is 0.123 e. The van der Waals surface area contributed by atoms with Crippen molar-refractivity contribution < 1.29 is 4.39 Å². The Balaban J connectivity index is 1.94. The summed E-state index contributed by atoms with van der Waals surface area (Å²) in [5, 5.41) is 3.53. The van der Waals surface area contributed by atoms with E-state index in [0.717, 1.165) is 31.7 Å². The molecule has 2 rings (SSSR count). The van der Waals surface area contributed by atoms with E-state index >= 15 is 0 Å². The smallest absolute Gasteiger partial charge is 0.123 e. The van der Waals surface area contributed by atoms with Crippen LogP contribution in [0.4, 0.5) is 4.39 Å². The van der Waals surface area contributed by atoms with E-state index in [-0.39, 0.29) is 5.82 Å². The van der Waals surface area contributed by atoms with Crippen LogP contribution in [0, 0.1) is 11.7 Å². The zero-order valence-corrected chi connectivity index (χ0v) is 10.6. The van der Waals surface area contributed by atoms with Gasteiger partial charge in [-0.25, -0.2) is 4.39 Å². The summed E-state index contributed by atoms with van der Waals surface area (Å²) in [5.74, 6) is 0.503. The molecule has 1 N–H and O–H groups in total. The lowest BCUT2D eigenvalue weighted by molar-refractivity contribution is 0.168. The highest BCUT2D eigenvalue weighted by atomic mass is 19.1. The summed E-state index contributed by atoms with van der Waals surface area (Å²) in [4.78, 5) is 2.40. The van der Waals surface area contributed by atoms with Crippen molar-refractivity contribution in [2.24, 2.45) is 5.92 Å². The van der Waals surface area contributed by atoms with Crippen LogP contribution >= 0.6 is 0 Å². The normalized spacial score (nSPS) is 22.0. The summed E-state index contributed by atoms with van der Waals surface area (Å²) >= 11 is 0. The molecule has 0 aromatic heterocycles. The Bertz CT molecular complexity index is 365. The van der Waals surface area contributed by atoms with Crippen molar-refractivity contribution in [1.82, 2.24) is 10.2 Å². The Morgan fingerprint density at radius 1 is 1.47 bits per heavy atom. The molecule has 0 bridgehead atoms. The first-order valence-corrected chi connectivity index (χ1v) is 6.35. The van der Waals surface area contributed by atoms with Crippen molar-refractivity contribution in [2.75, 3.05) is 19.6 Å². The van der Waals surface area contributed by atoms with Crippen LogP contribution < -0.4 is 5.32 Å². The van der Waals surface area contributed by atoms with Crippen LogP contribution in [0.3, 0.4) is 0 Å². The van der Waals surface area contributed by atoms with Gasteiger partial charge in [0.05, 0.1) is 0 Å². The second-order valence-electron chi connectivity index (χ2n) is 5.17. The van der Waals surface area contributed by atoms with E-state index in [1.165, 1.54) is 6.07 Å². The zero-order valence-electron chi connectivity index (χ0n) is 10.6. The first-order chi connectivity index (χ1) is 8.15. The highest BCUT2D eigenvalue weighted by Crippen LogP contribution is 2.12. The standard InChI is InChI=1S/C14H21FN2/c1-11(2)14-10-17(7-6-16-14)9-12-4-3-5-13(15)8-12/h3-5,8,11,14,16H,6-7,9-10H2,1-2H3. The van der Waals surface area contributed by atoms with E-state index in [0.29, 0.717) is 12.0 Å². The molecule has 1 saturated heterocycles. The fourth-order valence-electron chi connectivity index (χ4n) is 2.33. The highest BCUT2D eigenvalue weighted by molar-refractivity contribution is 5.16. The van der Waals surface area contributed by atoms with E-state index < -0.39 is 0 Å². The summed E-state index contributed by atoms with van der Waals surface area (Å²) < 4.78 is 13.1. The fraction of sp³-hybridized carbons (Fsp3) is 0.571. The Morgan fingerprint density at radius 2 is 2.29 bits per heavy atom. The van der Waals surface area contributed by atoms with Crippen LogP contribution in [0.2, 0.25) is 0 Å². The molecule has 0 aliphatic carbocycles. The molecule has 1 aliphatic rings. The minimum absolute atomic E-state index is 0.141. The second kappa shape index (κ2) is 5.61. The molecular weight excluding hydrogens is 215 g/mol. The van der Waals surface area contributed by atoms with Crippen molar-refractivity contribution in [1.29, 1.82) is 0 Å². The number of nitrogens with zero attached hydrogens (tertiary/aromatic N) is 1. The maximum absolute atomic E-state index is 13.1. The Morgan fingerprint density at radius 3 is 3.00 bits per heavy atom. The van der Waals surface area contributed by atoms with Gasteiger partial charge in [-0.1, -0.05) is 26.0 Å². The van der Waals surface area contributed by atoms with E-state index in [1.54, 1.807) is 12.1 Å². The average Bonchev–Trinajstić information content (AvgIpc) is 2.29. The summed E-state index contributed by atoms with van der Waals surface area (Å²) in [6.45, 7) is 8.45. The van der Waals surface area contributed by atoms with Crippen LogP contribution in [0.25, 0.3) is 0 Å². The van der Waals surface area contributed by atoms with Gasteiger partial charge in [0.25, 0.3) is 0 Å². The predicted octanol–water partition coefficient (Wildman–Crippen LogP) is 2.26. The zero-order chi connectivity index (χ0) is 12.3. The molecule has 1 heterocycles. The Hall–Kier alpha value is -0.930. The van der Waals surface area contributed by atoms with E-state index in [1.807, 2.05) is 6.07 Å². The molecule has 0 radical (unpaired) electrons. The van der Waals surface area contributed by atoms with Crippen molar-refractivity contribution >= 4 is 0 Å². The van der Waals surface area contributed by atoms with Gasteiger partial charge in [0.1, 0.15) is 5.82 Å². The van der Waals surface area contributed by atoms with Gasteiger partial charge in [-0.05, 0) is 23.6 Å². The number of nitrogens with one attached hydrogen (secondary N) is 1. The molecule has 3 heteroatoms. The first-order valence-electron chi connectivity index (χ1n) is 6.35. The fourth-order valence-corrected chi connectivity index (χ4v) is 2.33. The van der Waals surface area contributed by atoms with E-state index in [2.05, 4.69) is 24.1 Å². The van der Waals surface area contributed by atoms with Crippen LogP contribution in [0.1, 0.15) is 19.4 Å². The van der Waals surface area contributed by atoms with Gasteiger partial charge < -0.3 is 5.32 Å². The van der Waals surface area contributed by atoms with Gasteiger partial charge in [-0.2, -0.15) is 0 Å². The summed E-state index contributed by atoms with van der Waals surface area (Å²) in [6.07, 6.45) is 0. The largest absolute Gasteiger partial charge is 0.311 e. The van der Waals surface area contributed by atoms with Gasteiger partial charge >= 0.3 is 0 Å². The number of hydrogen-bond donors (Lipinski definition) is 1. The molecule has 1 unspecified atom stereocenters. The first kappa shape index (κ1) is 12.5. The molecule has 1 atom stereocenters. The summed E-state index contributed by atoms with van der Waals surface area (Å²) in [5.41, 5.74) is 1.06. The van der Waals surface area contributed by atoms with Gasteiger partial charge in [-0.3, -0.25) is 4.90 Å². The number of hydrogen-bond acceptors (Lipinski definition) is 2. The number of piperazine rings is 1. The predicted molar refractivity (Wildman–Crippen MR) is 68.3 cm³/mol. The monoisotopic (exact) mass is 236 g/mol. The Kier molecular flexibility index (Phi) is 4.13. The summed E-state index contributed by atoms with van der Waals surface area (Å²) in [6, 6.07) is 7.46. The molecule has 2 nitrogen and oxygen atoms in total. The molecular formula is C14H21FN2. The minimum Gasteiger partial charge on any atom is -0.311 e. The molecule has 94 valence electrons. The summed E-state index contributed by atoms with van der Waals surface area (Å²) in [7, 11) is 0. The topological polar surface area (TPSA) is 15.3 Å². The van der Waals surface area contributed by atoms with Crippen LogP contribution in [0.15, 0.2) is 24.3 Å². The highest BCUT2D eigenvalue weighted by Gasteiger charge is 2.21. The lowest BCUT2D eigenvalue weighted by Gasteiger charge is -2.35. The third-order valence-corrected chi connectivity index (χ3v) is 3.39.